The van der Waals surface area contributed by atoms with E-state index in [-0.39, 0.29) is 42.2 Å². The van der Waals surface area contributed by atoms with Gasteiger partial charge in [0.15, 0.2) is 5.65 Å². The molecule has 6 aromatic rings. The van der Waals surface area contributed by atoms with Crippen LogP contribution in [0.1, 0.15) is 105 Å². The van der Waals surface area contributed by atoms with Crippen molar-refractivity contribution in [3.05, 3.63) is 137 Å². The first-order valence-electron chi connectivity index (χ1n) is 20.8. The van der Waals surface area contributed by atoms with Gasteiger partial charge < -0.3 is 30.4 Å². The lowest BCUT2D eigenvalue weighted by molar-refractivity contribution is 0.00456. The van der Waals surface area contributed by atoms with Gasteiger partial charge in [-0.15, -0.1) is 0 Å². The molecule has 4 N–H and O–H groups in total. The van der Waals surface area contributed by atoms with Crippen molar-refractivity contribution < 1.29 is 33.7 Å². The Bertz CT molecular complexity index is 2430. The van der Waals surface area contributed by atoms with E-state index in [1.807, 2.05) is 73.1 Å². The highest BCUT2D eigenvalue weighted by Crippen LogP contribution is 2.37. The maximum absolute atomic E-state index is 12.7. The van der Waals surface area contributed by atoms with Crippen LogP contribution >= 0.6 is 0 Å². The number of nitrogens with one attached hydrogen (secondary N) is 1. The van der Waals surface area contributed by atoms with Crippen molar-refractivity contribution in [3.8, 4) is 17.0 Å². The maximum Gasteiger partial charge on any atom is 0.338 e. The number of aromatic nitrogens is 4. The third kappa shape index (κ3) is 10.6. The number of aryl methyl sites for hydroxylation is 2. The summed E-state index contributed by atoms with van der Waals surface area (Å²) in [7, 11) is 1.54. The molecule has 2 fully saturated rings. The van der Waals surface area contributed by atoms with Crippen molar-refractivity contribution in [3.63, 3.8) is 0 Å². The van der Waals surface area contributed by atoms with E-state index >= 15 is 0 Å². The molecular weight excluding hydrogens is 773 g/mol. The standard InChI is InChI=1S/C34H34N6O4.C14H18O3/c1-21-7-11-24(12-8-21)34(42)44-26-17-15-25(16-18-26)40-32-29(31(35)37-20-38-32)30(39-40)23-13-9-22(10-14-23)19-36-33(41)27-5-3-4-6-28(27)43-2;1-10-2-4-11(5-3-10)14(16)17-13-8-6-12(15)7-9-13/h3-14,20,25-26H,15-19H2,1-2H3,(H,36,41)(H2,35,37,38);2-5,12-13,15H,6-9H2,1H3. The first-order chi connectivity index (χ1) is 29.6. The second-order valence-corrected chi connectivity index (χ2v) is 15.7. The Labute approximate surface area is 355 Å². The largest absolute Gasteiger partial charge is 0.496 e. The Hall–Kier alpha value is -6.60. The number of hydrogen-bond acceptors (Lipinski definition) is 11. The number of nitrogen functional groups attached to an aromatic ring is 1. The Morgan fingerprint density at radius 1 is 0.738 bits per heavy atom. The zero-order valence-electron chi connectivity index (χ0n) is 34.8. The predicted molar refractivity (Wildman–Crippen MR) is 232 cm³/mol. The Morgan fingerprint density at radius 3 is 1.87 bits per heavy atom. The van der Waals surface area contributed by atoms with Crippen LogP contribution in [0.2, 0.25) is 0 Å². The van der Waals surface area contributed by atoms with Crippen LogP contribution in [0.3, 0.4) is 0 Å². The Kier molecular flexibility index (Phi) is 13.7. The SMILES string of the molecule is COc1ccccc1C(=O)NCc1ccc(-c2nn(C3CCC(OC(=O)c4ccc(C)cc4)CC3)c3ncnc(N)c23)cc1.Cc1ccc(C(=O)OC2CCC(O)CC2)cc1. The van der Waals surface area contributed by atoms with E-state index < -0.39 is 0 Å². The van der Waals surface area contributed by atoms with E-state index in [0.717, 1.165) is 73.6 Å². The van der Waals surface area contributed by atoms with Gasteiger partial charge in [0.05, 0.1) is 41.3 Å². The van der Waals surface area contributed by atoms with Crippen LogP contribution in [-0.4, -0.2) is 68.1 Å². The van der Waals surface area contributed by atoms with Crippen molar-refractivity contribution in [1.29, 1.82) is 0 Å². The van der Waals surface area contributed by atoms with Crippen molar-refractivity contribution in [2.45, 2.75) is 96.1 Å². The van der Waals surface area contributed by atoms with Crippen LogP contribution in [0.25, 0.3) is 22.3 Å². The number of benzene rings is 4. The molecule has 61 heavy (non-hydrogen) atoms. The van der Waals surface area contributed by atoms with E-state index in [2.05, 4.69) is 15.3 Å². The van der Waals surface area contributed by atoms with Crippen LogP contribution in [0.15, 0.2) is 103 Å². The molecule has 0 spiro atoms. The van der Waals surface area contributed by atoms with E-state index in [1.165, 1.54) is 6.33 Å². The highest BCUT2D eigenvalue weighted by molar-refractivity contribution is 5.98. The lowest BCUT2D eigenvalue weighted by Gasteiger charge is -2.28. The normalized spacial score (nSPS) is 18.6. The lowest BCUT2D eigenvalue weighted by Crippen LogP contribution is -2.26. The van der Waals surface area contributed by atoms with Crippen molar-refractivity contribution in [2.75, 3.05) is 12.8 Å². The number of rotatable bonds is 10. The molecule has 0 radical (unpaired) electrons. The van der Waals surface area contributed by atoms with Crippen LogP contribution in [-0.2, 0) is 16.0 Å². The highest BCUT2D eigenvalue weighted by Gasteiger charge is 2.29. The minimum absolute atomic E-state index is 0.0350. The van der Waals surface area contributed by atoms with Crippen molar-refractivity contribution in [1.82, 2.24) is 25.1 Å². The number of carbonyl (C=O) groups is 3. The fourth-order valence-electron chi connectivity index (χ4n) is 7.73. The number of nitrogens with two attached hydrogens (primary N) is 1. The number of ether oxygens (including phenoxy) is 3. The fourth-order valence-corrected chi connectivity index (χ4v) is 7.73. The third-order valence-corrected chi connectivity index (χ3v) is 11.3. The van der Waals surface area contributed by atoms with Crippen molar-refractivity contribution >= 4 is 34.7 Å². The molecule has 2 aromatic heterocycles. The summed E-state index contributed by atoms with van der Waals surface area (Å²) in [6, 6.07) is 29.8. The molecule has 0 atom stereocenters. The molecule has 2 saturated carbocycles. The molecule has 0 unspecified atom stereocenters. The number of methoxy groups -OCH3 is 1. The molecule has 0 saturated heterocycles. The Balaban J connectivity index is 0.000000276. The van der Waals surface area contributed by atoms with E-state index in [0.29, 0.717) is 51.5 Å². The maximum atomic E-state index is 12.7. The van der Waals surface area contributed by atoms with Gasteiger partial charge in [0.25, 0.3) is 5.91 Å². The minimum atomic E-state index is -0.288. The Morgan fingerprint density at radius 2 is 1.30 bits per heavy atom. The molecule has 2 heterocycles. The number of aliphatic hydroxyl groups is 1. The number of anilines is 1. The minimum Gasteiger partial charge on any atom is -0.496 e. The molecule has 8 rings (SSSR count). The van der Waals surface area contributed by atoms with Gasteiger partial charge in [-0.05, 0) is 107 Å². The van der Waals surface area contributed by atoms with Gasteiger partial charge in [-0.2, -0.15) is 5.10 Å². The smallest absolute Gasteiger partial charge is 0.338 e. The summed E-state index contributed by atoms with van der Waals surface area (Å²) in [4.78, 5) is 46.0. The van der Waals surface area contributed by atoms with Crippen LogP contribution in [0, 0.1) is 13.8 Å². The molecule has 13 nitrogen and oxygen atoms in total. The average Bonchev–Trinajstić information content (AvgIpc) is 3.68. The first-order valence-corrected chi connectivity index (χ1v) is 20.8. The number of hydrogen-bond donors (Lipinski definition) is 3. The van der Waals surface area contributed by atoms with Gasteiger partial charge in [0.1, 0.15) is 35.8 Å². The predicted octanol–water partition coefficient (Wildman–Crippen LogP) is 8.12. The number of fused-ring (bicyclic) bond motifs is 1. The number of amides is 1. The quantitative estimate of drug-likeness (QED) is 0.114. The van der Waals surface area contributed by atoms with Gasteiger partial charge in [0, 0.05) is 12.1 Å². The number of nitrogens with zero attached hydrogens (tertiary/aromatic N) is 4. The zero-order valence-corrected chi connectivity index (χ0v) is 34.8. The first kappa shape index (κ1) is 42.5. The summed E-state index contributed by atoms with van der Waals surface area (Å²) >= 11 is 0. The number of carbonyl (C=O) groups excluding carboxylic acids is 3. The molecule has 2 aliphatic rings. The number of aliphatic hydroxyl groups excluding tert-OH is 1. The number of para-hydroxylation sites is 1. The molecular formula is C48H52N6O7. The fraction of sp³-hybridized carbons (Fsp3) is 0.333. The summed E-state index contributed by atoms with van der Waals surface area (Å²) in [5, 5.41) is 18.0. The van der Waals surface area contributed by atoms with E-state index in [4.69, 9.17) is 25.0 Å². The summed E-state index contributed by atoms with van der Waals surface area (Å²) < 4.78 is 18.5. The van der Waals surface area contributed by atoms with Crippen LogP contribution < -0.4 is 15.8 Å². The molecule has 0 bridgehead atoms. The topological polar surface area (TPSA) is 181 Å². The summed E-state index contributed by atoms with van der Waals surface area (Å²) in [6.07, 6.45) is 7.09. The van der Waals surface area contributed by atoms with E-state index in [9.17, 15) is 19.5 Å². The summed E-state index contributed by atoms with van der Waals surface area (Å²) in [5.41, 5.74) is 13.4. The third-order valence-electron chi connectivity index (χ3n) is 11.3. The van der Waals surface area contributed by atoms with Crippen LogP contribution in [0.4, 0.5) is 5.82 Å². The second-order valence-electron chi connectivity index (χ2n) is 15.7. The molecule has 0 aliphatic heterocycles. The number of esters is 2. The van der Waals surface area contributed by atoms with Crippen LogP contribution in [0.5, 0.6) is 5.75 Å². The van der Waals surface area contributed by atoms with Gasteiger partial charge in [-0.25, -0.2) is 24.2 Å². The van der Waals surface area contributed by atoms with E-state index in [1.54, 1.807) is 49.6 Å². The summed E-state index contributed by atoms with van der Waals surface area (Å²) in [5.74, 6) is 0.139. The van der Waals surface area contributed by atoms with Gasteiger partial charge in [-0.1, -0.05) is 71.8 Å². The summed E-state index contributed by atoms with van der Waals surface area (Å²) in [6.45, 7) is 4.33. The molecule has 2 aliphatic carbocycles. The average molecular weight is 825 g/mol. The molecule has 1 amide bonds. The zero-order chi connectivity index (χ0) is 42.9. The van der Waals surface area contributed by atoms with Gasteiger partial charge >= 0.3 is 11.9 Å². The molecule has 4 aromatic carbocycles. The molecule has 316 valence electrons. The van der Waals surface area contributed by atoms with Gasteiger partial charge in [-0.3, -0.25) is 4.79 Å². The monoisotopic (exact) mass is 824 g/mol. The van der Waals surface area contributed by atoms with Crippen molar-refractivity contribution in [2.24, 2.45) is 0 Å². The lowest BCUT2D eigenvalue weighted by atomic mass is 9.93. The highest BCUT2D eigenvalue weighted by atomic mass is 16.5. The second kappa shape index (κ2) is 19.6. The molecule has 13 heteroatoms. The van der Waals surface area contributed by atoms with Gasteiger partial charge in [0.2, 0.25) is 0 Å².